The Kier molecular flexibility index (Phi) is 5.41. The fourth-order valence-electron chi connectivity index (χ4n) is 3.43. The number of thiazole rings is 1. The van der Waals surface area contributed by atoms with Crippen molar-refractivity contribution in [3.05, 3.63) is 58.6 Å². The highest BCUT2D eigenvalue weighted by Gasteiger charge is 2.30. The number of ether oxygens (including phenoxy) is 1. The molecule has 4 rings (SSSR count). The molecular formula is C20H21ClN2O2S. The first kappa shape index (κ1) is 17.7. The van der Waals surface area contributed by atoms with Gasteiger partial charge in [0.25, 0.3) is 0 Å². The highest BCUT2D eigenvalue weighted by atomic mass is 35.5. The van der Waals surface area contributed by atoms with Crippen molar-refractivity contribution in [3.8, 4) is 5.75 Å². The summed E-state index contributed by atoms with van der Waals surface area (Å²) in [4.78, 5) is 7.12. The van der Waals surface area contributed by atoms with E-state index in [0.717, 1.165) is 29.9 Å². The van der Waals surface area contributed by atoms with Crippen LogP contribution in [0.1, 0.15) is 23.9 Å². The molecule has 1 aliphatic rings. The first-order valence-corrected chi connectivity index (χ1v) is 10.0. The van der Waals surface area contributed by atoms with Crippen molar-refractivity contribution in [3.63, 3.8) is 0 Å². The van der Waals surface area contributed by atoms with Crippen molar-refractivity contribution < 1.29 is 9.84 Å². The van der Waals surface area contributed by atoms with Crippen molar-refractivity contribution in [2.45, 2.75) is 25.0 Å². The molecule has 6 heteroatoms. The third kappa shape index (κ3) is 3.86. The largest absolute Gasteiger partial charge is 0.489 e. The summed E-state index contributed by atoms with van der Waals surface area (Å²) in [5.74, 6) is 0.609. The van der Waals surface area contributed by atoms with Crippen molar-refractivity contribution in [1.82, 2.24) is 9.88 Å². The molecule has 2 heterocycles. The molecule has 0 aliphatic carbocycles. The van der Waals surface area contributed by atoms with Crippen molar-refractivity contribution in [1.29, 1.82) is 0 Å². The average Bonchev–Trinajstić information content (AvgIpc) is 3.27. The summed E-state index contributed by atoms with van der Waals surface area (Å²) < 4.78 is 6.90. The van der Waals surface area contributed by atoms with Gasteiger partial charge in [0.15, 0.2) is 0 Å². The molecule has 0 bridgehead atoms. The summed E-state index contributed by atoms with van der Waals surface area (Å²) in [6, 6.07) is 15.9. The molecule has 0 amide bonds. The number of para-hydroxylation sites is 2. The number of benzene rings is 2. The van der Waals surface area contributed by atoms with Crippen LogP contribution in [0.25, 0.3) is 10.2 Å². The molecule has 2 aromatic carbocycles. The van der Waals surface area contributed by atoms with E-state index in [9.17, 15) is 5.11 Å². The average molecular weight is 389 g/mol. The first-order chi connectivity index (χ1) is 12.7. The molecule has 0 saturated carbocycles. The summed E-state index contributed by atoms with van der Waals surface area (Å²) in [6.07, 6.45) is 1.64. The molecule has 1 fully saturated rings. The topological polar surface area (TPSA) is 45.6 Å². The standard InChI is InChI=1S/C20H21ClN2O2S/c21-15-6-1-3-9-18(15)25-13-14(24)12-23-11-5-8-17(23)20-22-16-7-2-4-10-19(16)26-20/h1-4,6-7,9-10,14,17,24H,5,8,11-13H2. The van der Waals surface area contributed by atoms with Gasteiger partial charge in [0, 0.05) is 6.54 Å². The lowest BCUT2D eigenvalue weighted by Gasteiger charge is -2.25. The van der Waals surface area contributed by atoms with E-state index in [1.54, 1.807) is 17.4 Å². The quantitative estimate of drug-likeness (QED) is 0.674. The van der Waals surface area contributed by atoms with Gasteiger partial charge >= 0.3 is 0 Å². The molecular weight excluding hydrogens is 368 g/mol. The predicted octanol–water partition coefficient (Wildman–Crippen LogP) is 4.53. The van der Waals surface area contributed by atoms with E-state index in [-0.39, 0.29) is 12.6 Å². The van der Waals surface area contributed by atoms with Gasteiger partial charge in [0.05, 0.1) is 21.3 Å². The Labute approximate surface area is 162 Å². The Morgan fingerprint density at radius 1 is 1.23 bits per heavy atom. The van der Waals surface area contributed by atoms with Crippen LogP contribution in [-0.2, 0) is 0 Å². The third-order valence-corrected chi connectivity index (χ3v) is 6.12. The minimum Gasteiger partial charge on any atom is -0.489 e. The second-order valence-corrected chi connectivity index (χ2v) is 8.04. The van der Waals surface area contributed by atoms with Crippen LogP contribution < -0.4 is 4.74 Å². The first-order valence-electron chi connectivity index (χ1n) is 8.85. The number of aliphatic hydroxyl groups is 1. The fraction of sp³-hybridized carbons (Fsp3) is 0.350. The lowest BCUT2D eigenvalue weighted by atomic mass is 10.2. The number of aliphatic hydroxyl groups excluding tert-OH is 1. The van der Waals surface area contributed by atoms with Gasteiger partial charge in [-0.3, -0.25) is 4.90 Å². The summed E-state index contributed by atoms with van der Waals surface area (Å²) in [5, 5.41) is 12.1. The summed E-state index contributed by atoms with van der Waals surface area (Å²) >= 11 is 7.85. The Morgan fingerprint density at radius 3 is 2.88 bits per heavy atom. The van der Waals surface area contributed by atoms with Gasteiger partial charge < -0.3 is 9.84 Å². The number of hydrogen-bond donors (Lipinski definition) is 1. The molecule has 0 radical (unpaired) electrons. The number of rotatable bonds is 6. The molecule has 2 unspecified atom stereocenters. The van der Waals surface area contributed by atoms with Gasteiger partial charge in [-0.15, -0.1) is 11.3 Å². The molecule has 3 aromatic rings. The number of fused-ring (bicyclic) bond motifs is 1. The maximum absolute atomic E-state index is 10.4. The fourth-order valence-corrected chi connectivity index (χ4v) is 4.76. The lowest BCUT2D eigenvalue weighted by Crippen LogP contribution is -2.35. The Hall–Kier alpha value is -1.66. The van der Waals surface area contributed by atoms with Crippen LogP contribution in [0.5, 0.6) is 5.75 Å². The lowest BCUT2D eigenvalue weighted by molar-refractivity contribution is 0.0639. The van der Waals surface area contributed by atoms with Gasteiger partial charge in [-0.1, -0.05) is 35.9 Å². The highest BCUT2D eigenvalue weighted by molar-refractivity contribution is 7.18. The Morgan fingerprint density at radius 2 is 2.04 bits per heavy atom. The smallest absolute Gasteiger partial charge is 0.138 e. The molecule has 1 aromatic heterocycles. The maximum atomic E-state index is 10.4. The number of nitrogens with zero attached hydrogens (tertiary/aromatic N) is 2. The zero-order valence-corrected chi connectivity index (χ0v) is 15.9. The SMILES string of the molecule is OC(COc1ccccc1Cl)CN1CCCC1c1nc2ccccc2s1. The van der Waals surface area contributed by atoms with E-state index >= 15 is 0 Å². The second kappa shape index (κ2) is 7.92. The van der Waals surface area contributed by atoms with Crippen LogP contribution >= 0.6 is 22.9 Å². The van der Waals surface area contributed by atoms with Gasteiger partial charge in [-0.05, 0) is 43.7 Å². The van der Waals surface area contributed by atoms with E-state index in [1.807, 2.05) is 30.3 Å². The van der Waals surface area contributed by atoms with Crippen LogP contribution in [0.15, 0.2) is 48.5 Å². The maximum Gasteiger partial charge on any atom is 0.138 e. The zero-order valence-electron chi connectivity index (χ0n) is 14.3. The second-order valence-electron chi connectivity index (χ2n) is 6.57. The summed E-state index contributed by atoms with van der Waals surface area (Å²) in [5.41, 5.74) is 1.06. The van der Waals surface area contributed by atoms with Crippen LogP contribution in [0.2, 0.25) is 5.02 Å². The van der Waals surface area contributed by atoms with Crippen molar-refractivity contribution >= 4 is 33.2 Å². The Bertz CT molecular complexity index is 852. The van der Waals surface area contributed by atoms with E-state index in [0.29, 0.717) is 17.3 Å². The number of likely N-dealkylation sites (tertiary alicyclic amines) is 1. The summed E-state index contributed by atoms with van der Waals surface area (Å²) in [6.45, 7) is 1.78. The van der Waals surface area contributed by atoms with Gasteiger partial charge in [0.1, 0.15) is 23.5 Å². The van der Waals surface area contributed by atoms with E-state index in [1.165, 1.54) is 4.70 Å². The molecule has 2 atom stereocenters. The van der Waals surface area contributed by atoms with Crippen molar-refractivity contribution in [2.24, 2.45) is 0 Å². The van der Waals surface area contributed by atoms with E-state index < -0.39 is 6.10 Å². The van der Waals surface area contributed by atoms with Crippen molar-refractivity contribution in [2.75, 3.05) is 19.7 Å². The van der Waals surface area contributed by atoms with Crippen LogP contribution in [0, 0.1) is 0 Å². The predicted molar refractivity (Wildman–Crippen MR) is 106 cm³/mol. The molecule has 1 N–H and O–H groups in total. The van der Waals surface area contributed by atoms with Crippen LogP contribution in [0.3, 0.4) is 0 Å². The van der Waals surface area contributed by atoms with E-state index in [2.05, 4.69) is 17.0 Å². The molecule has 26 heavy (non-hydrogen) atoms. The molecule has 0 spiro atoms. The highest BCUT2D eigenvalue weighted by Crippen LogP contribution is 2.36. The van der Waals surface area contributed by atoms with Crippen LogP contribution in [0.4, 0.5) is 0 Å². The van der Waals surface area contributed by atoms with E-state index in [4.69, 9.17) is 21.3 Å². The van der Waals surface area contributed by atoms with Gasteiger partial charge in [-0.25, -0.2) is 4.98 Å². The minimum atomic E-state index is -0.568. The van der Waals surface area contributed by atoms with Gasteiger partial charge in [0.2, 0.25) is 0 Å². The monoisotopic (exact) mass is 388 g/mol. The normalized spacial score (nSPS) is 19.1. The van der Waals surface area contributed by atoms with Crippen LogP contribution in [-0.4, -0.2) is 40.8 Å². The minimum absolute atomic E-state index is 0.229. The number of halogens is 1. The number of β-amino-alcohol motifs (C(OH)–C–C–N with tert-alkyl or cyclic N) is 1. The third-order valence-electron chi connectivity index (χ3n) is 4.67. The molecule has 4 nitrogen and oxygen atoms in total. The number of aromatic nitrogens is 1. The molecule has 1 saturated heterocycles. The zero-order chi connectivity index (χ0) is 17.9. The number of hydrogen-bond acceptors (Lipinski definition) is 5. The molecule has 1 aliphatic heterocycles. The summed E-state index contributed by atoms with van der Waals surface area (Å²) in [7, 11) is 0. The molecule has 136 valence electrons. The van der Waals surface area contributed by atoms with Gasteiger partial charge in [-0.2, -0.15) is 0 Å². The Balaban J connectivity index is 1.39.